The minimum atomic E-state index is 1.17. The number of benzene rings is 7. The van der Waals surface area contributed by atoms with Crippen LogP contribution in [0.4, 0.5) is 0 Å². The van der Waals surface area contributed by atoms with Gasteiger partial charge in [-0.1, -0.05) is 109 Å². The molecule has 0 radical (unpaired) electrons. The Balaban J connectivity index is 1.23. The Hall–Kier alpha value is -5.86. The smallest absolute Gasteiger partial charge is 0.0541 e. The van der Waals surface area contributed by atoms with E-state index < -0.39 is 0 Å². The zero-order valence-electron chi connectivity index (χ0n) is 25.0. The fourth-order valence-electron chi connectivity index (χ4n) is 7.11. The number of rotatable bonds is 4. The van der Waals surface area contributed by atoms with Crippen LogP contribution in [-0.2, 0) is 0 Å². The largest absolute Gasteiger partial charge is 0.309 e. The van der Waals surface area contributed by atoms with Crippen LogP contribution in [0.25, 0.3) is 77.2 Å². The maximum Gasteiger partial charge on any atom is 0.0541 e. The SMILES string of the molecule is Cc1ccccc1-n1c2ccccc2c2cc(-c3ccc4c(c3)c3ccccc3n4-c3cccc(-c4ccccc4)c3)ccc21. The molecule has 0 saturated carbocycles. The zero-order valence-corrected chi connectivity index (χ0v) is 25.0. The molecule has 0 unspecified atom stereocenters. The van der Waals surface area contributed by atoms with Crippen LogP contribution in [0.2, 0.25) is 0 Å². The number of para-hydroxylation sites is 3. The normalized spacial score (nSPS) is 11.7. The number of aromatic nitrogens is 2. The lowest BCUT2D eigenvalue weighted by Crippen LogP contribution is -1.96. The van der Waals surface area contributed by atoms with Crippen LogP contribution in [0.1, 0.15) is 5.56 Å². The molecule has 7 aromatic carbocycles. The van der Waals surface area contributed by atoms with Crippen molar-refractivity contribution >= 4 is 43.6 Å². The second-order valence-corrected chi connectivity index (χ2v) is 11.9. The molecule has 0 N–H and O–H groups in total. The number of fused-ring (bicyclic) bond motifs is 6. The van der Waals surface area contributed by atoms with E-state index in [0.717, 1.165) is 0 Å². The molecule has 0 aliphatic carbocycles. The van der Waals surface area contributed by atoms with Crippen LogP contribution in [0.3, 0.4) is 0 Å². The molecule has 0 bridgehead atoms. The Morgan fingerprint density at radius 3 is 1.53 bits per heavy atom. The summed E-state index contributed by atoms with van der Waals surface area (Å²) in [6.07, 6.45) is 0. The molecule has 2 aromatic heterocycles. The van der Waals surface area contributed by atoms with Crippen LogP contribution in [-0.4, -0.2) is 9.13 Å². The lowest BCUT2D eigenvalue weighted by atomic mass is 10.0. The van der Waals surface area contributed by atoms with Gasteiger partial charge in [0.05, 0.1) is 22.1 Å². The van der Waals surface area contributed by atoms with E-state index in [0.29, 0.717) is 0 Å². The van der Waals surface area contributed by atoms with Gasteiger partial charge in [0.25, 0.3) is 0 Å². The minimum Gasteiger partial charge on any atom is -0.309 e. The van der Waals surface area contributed by atoms with E-state index in [2.05, 4.69) is 180 Å². The van der Waals surface area contributed by atoms with Crippen LogP contribution >= 0.6 is 0 Å². The van der Waals surface area contributed by atoms with Crippen molar-refractivity contribution in [3.63, 3.8) is 0 Å². The summed E-state index contributed by atoms with van der Waals surface area (Å²) < 4.78 is 4.81. The van der Waals surface area contributed by atoms with E-state index in [9.17, 15) is 0 Å². The molecule has 9 aromatic rings. The van der Waals surface area contributed by atoms with Gasteiger partial charge in [-0.05, 0) is 89.3 Å². The maximum atomic E-state index is 2.41. The summed E-state index contributed by atoms with van der Waals surface area (Å²) in [5.74, 6) is 0. The van der Waals surface area contributed by atoms with Crippen LogP contribution in [0.5, 0.6) is 0 Å². The summed E-state index contributed by atoms with van der Waals surface area (Å²) in [5.41, 5.74) is 13.4. The molecule has 0 aliphatic rings. The van der Waals surface area contributed by atoms with Crippen molar-refractivity contribution in [2.75, 3.05) is 0 Å². The van der Waals surface area contributed by atoms with Gasteiger partial charge in [0.2, 0.25) is 0 Å². The summed E-state index contributed by atoms with van der Waals surface area (Å²) >= 11 is 0. The summed E-state index contributed by atoms with van der Waals surface area (Å²) in [4.78, 5) is 0. The Morgan fingerprint density at radius 2 is 0.844 bits per heavy atom. The predicted molar refractivity (Wildman–Crippen MR) is 191 cm³/mol. The summed E-state index contributed by atoms with van der Waals surface area (Å²) in [6, 6.07) is 59.5. The summed E-state index contributed by atoms with van der Waals surface area (Å²) in [7, 11) is 0. The van der Waals surface area contributed by atoms with E-state index >= 15 is 0 Å². The first-order valence-electron chi connectivity index (χ1n) is 15.5. The van der Waals surface area contributed by atoms with E-state index in [4.69, 9.17) is 0 Å². The van der Waals surface area contributed by atoms with Crippen molar-refractivity contribution < 1.29 is 0 Å². The van der Waals surface area contributed by atoms with Gasteiger partial charge in [0, 0.05) is 32.9 Å². The average molecular weight is 575 g/mol. The molecule has 2 nitrogen and oxygen atoms in total. The van der Waals surface area contributed by atoms with Gasteiger partial charge >= 0.3 is 0 Å². The quantitative estimate of drug-likeness (QED) is 0.198. The molecule has 2 heterocycles. The molecule has 0 amide bonds. The van der Waals surface area contributed by atoms with Gasteiger partial charge in [0.15, 0.2) is 0 Å². The molecule has 0 atom stereocenters. The highest BCUT2D eigenvalue weighted by atomic mass is 15.0. The molecule has 0 fully saturated rings. The number of aryl methyl sites for hydroxylation is 1. The fourth-order valence-corrected chi connectivity index (χ4v) is 7.11. The molecule has 9 rings (SSSR count). The Labute approximate surface area is 262 Å². The van der Waals surface area contributed by atoms with Gasteiger partial charge in [-0.3, -0.25) is 0 Å². The third-order valence-corrected chi connectivity index (χ3v) is 9.25. The lowest BCUT2D eigenvalue weighted by Gasteiger charge is -2.11. The molecule has 0 aliphatic heterocycles. The van der Waals surface area contributed by atoms with Gasteiger partial charge in [-0.25, -0.2) is 0 Å². The molecule has 0 saturated heterocycles. The number of hydrogen-bond acceptors (Lipinski definition) is 0. The van der Waals surface area contributed by atoms with Crippen molar-refractivity contribution in [3.8, 4) is 33.6 Å². The van der Waals surface area contributed by atoms with Crippen molar-refractivity contribution in [3.05, 3.63) is 169 Å². The van der Waals surface area contributed by atoms with Crippen molar-refractivity contribution in [2.24, 2.45) is 0 Å². The second kappa shape index (κ2) is 10.1. The first kappa shape index (κ1) is 25.6. The lowest BCUT2D eigenvalue weighted by molar-refractivity contribution is 1.15. The third-order valence-electron chi connectivity index (χ3n) is 9.25. The average Bonchev–Trinajstić information content (AvgIpc) is 3.61. The van der Waals surface area contributed by atoms with Crippen LogP contribution in [0, 0.1) is 6.92 Å². The first-order chi connectivity index (χ1) is 22.2. The monoisotopic (exact) mass is 574 g/mol. The highest BCUT2D eigenvalue weighted by Gasteiger charge is 2.16. The van der Waals surface area contributed by atoms with E-state index in [-0.39, 0.29) is 0 Å². The second-order valence-electron chi connectivity index (χ2n) is 11.9. The zero-order chi connectivity index (χ0) is 29.9. The van der Waals surface area contributed by atoms with Gasteiger partial charge in [-0.15, -0.1) is 0 Å². The highest BCUT2D eigenvalue weighted by molar-refractivity contribution is 6.12. The number of nitrogens with zero attached hydrogens (tertiary/aromatic N) is 2. The summed E-state index contributed by atoms with van der Waals surface area (Å²) in [5, 5.41) is 5.06. The Bertz CT molecular complexity index is 2550. The maximum absolute atomic E-state index is 2.41. The van der Waals surface area contributed by atoms with Crippen LogP contribution < -0.4 is 0 Å². The molecular formula is C43H30N2. The van der Waals surface area contributed by atoms with E-state index in [1.165, 1.54) is 82.8 Å². The van der Waals surface area contributed by atoms with Gasteiger partial charge in [0.1, 0.15) is 0 Å². The third kappa shape index (κ3) is 4.03. The Morgan fingerprint density at radius 1 is 0.333 bits per heavy atom. The molecule has 45 heavy (non-hydrogen) atoms. The predicted octanol–water partition coefficient (Wildman–Crippen LogP) is 11.5. The fraction of sp³-hybridized carbons (Fsp3) is 0.0233. The summed E-state index contributed by atoms with van der Waals surface area (Å²) in [6.45, 7) is 2.19. The molecule has 212 valence electrons. The highest BCUT2D eigenvalue weighted by Crippen LogP contribution is 2.39. The number of hydrogen-bond donors (Lipinski definition) is 0. The molecular weight excluding hydrogens is 544 g/mol. The molecule has 0 spiro atoms. The topological polar surface area (TPSA) is 9.86 Å². The van der Waals surface area contributed by atoms with Crippen molar-refractivity contribution in [1.82, 2.24) is 9.13 Å². The first-order valence-corrected chi connectivity index (χ1v) is 15.5. The van der Waals surface area contributed by atoms with Gasteiger partial charge in [-0.2, -0.15) is 0 Å². The molecule has 2 heteroatoms. The van der Waals surface area contributed by atoms with Gasteiger partial charge < -0.3 is 9.13 Å². The minimum absolute atomic E-state index is 1.17. The van der Waals surface area contributed by atoms with E-state index in [1.807, 2.05) is 0 Å². The van der Waals surface area contributed by atoms with E-state index in [1.54, 1.807) is 0 Å². The van der Waals surface area contributed by atoms with Crippen molar-refractivity contribution in [2.45, 2.75) is 6.92 Å². The van der Waals surface area contributed by atoms with Crippen LogP contribution in [0.15, 0.2) is 164 Å². The Kier molecular flexibility index (Phi) is 5.76. The van der Waals surface area contributed by atoms with Crippen molar-refractivity contribution in [1.29, 1.82) is 0 Å². The standard InChI is InChI=1S/C43H30N2/c1-29-12-5-8-19-39(29)45-41-21-10-7-18-36(41)38-28-33(23-25-43(38)45)32-22-24-42-37(27-32)35-17-6-9-20-40(35)44(42)34-16-11-15-31(26-34)30-13-3-2-4-14-30/h2-28H,1H3.